The van der Waals surface area contributed by atoms with Gasteiger partial charge in [-0.05, 0) is 49.3 Å². The quantitative estimate of drug-likeness (QED) is 0.734. The van der Waals surface area contributed by atoms with E-state index in [1.165, 1.54) is 11.1 Å². The summed E-state index contributed by atoms with van der Waals surface area (Å²) in [7, 11) is 0. The molecular formula is C21H27NO4. The van der Waals surface area contributed by atoms with Crippen LogP contribution < -0.4 is 5.32 Å². The van der Waals surface area contributed by atoms with E-state index in [4.69, 9.17) is 0 Å². The van der Waals surface area contributed by atoms with Crippen molar-refractivity contribution in [3.8, 4) is 0 Å². The third-order valence-electron chi connectivity index (χ3n) is 5.89. The minimum absolute atomic E-state index is 0.0273. The molecule has 3 rings (SSSR count). The smallest absolute Gasteiger partial charge is 0.311 e. The largest absolute Gasteiger partial charge is 0.481 e. The fraction of sp³-hybridized carbons (Fsp3) is 0.571. The zero-order valence-electron chi connectivity index (χ0n) is 15.2. The molecule has 0 radical (unpaired) electrons. The van der Waals surface area contributed by atoms with Gasteiger partial charge >= 0.3 is 5.97 Å². The summed E-state index contributed by atoms with van der Waals surface area (Å²) in [6, 6.07) is 5.84. The second-order valence-electron chi connectivity index (χ2n) is 7.68. The van der Waals surface area contributed by atoms with E-state index in [0.717, 1.165) is 38.5 Å². The van der Waals surface area contributed by atoms with Gasteiger partial charge < -0.3 is 10.4 Å². The lowest BCUT2D eigenvalue weighted by molar-refractivity contribution is -0.151. The zero-order valence-corrected chi connectivity index (χ0v) is 15.2. The lowest BCUT2D eigenvalue weighted by Gasteiger charge is -2.33. The standard InChI is InChI=1S/C21H27NO4/c23-18(17-8-7-15-5-4-6-16(15)13-17)9-10-19(24)22-14-21(20(25)26)11-2-1-3-12-21/h7-8,13H,1-6,9-12,14H2,(H,22,24)(H,25,26). The number of nitrogens with one attached hydrogen (secondary N) is 1. The molecule has 140 valence electrons. The summed E-state index contributed by atoms with van der Waals surface area (Å²) < 4.78 is 0. The number of fused-ring (bicyclic) bond motifs is 1. The van der Waals surface area contributed by atoms with Crippen molar-refractivity contribution in [1.82, 2.24) is 5.32 Å². The number of ketones is 1. The lowest BCUT2D eigenvalue weighted by Crippen LogP contribution is -2.44. The van der Waals surface area contributed by atoms with Crippen molar-refractivity contribution in [2.45, 2.75) is 64.2 Å². The Morgan fingerprint density at radius 2 is 1.69 bits per heavy atom. The minimum atomic E-state index is -0.835. The molecule has 0 heterocycles. The number of benzene rings is 1. The molecule has 26 heavy (non-hydrogen) atoms. The maximum Gasteiger partial charge on any atom is 0.311 e. The summed E-state index contributed by atoms with van der Waals surface area (Å²) in [6.45, 7) is 0.161. The summed E-state index contributed by atoms with van der Waals surface area (Å²) in [5.41, 5.74) is 2.41. The fourth-order valence-corrected chi connectivity index (χ4v) is 4.17. The third-order valence-corrected chi connectivity index (χ3v) is 5.89. The summed E-state index contributed by atoms with van der Waals surface area (Å²) >= 11 is 0. The third kappa shape index (κ3) is 4.14. The number of rotatable bonds is 7. The number of carboxylic acid groups (broad SMARTS) is 1. The van der Waals surface area contributed by atoms with Crippen molar-refractivity contribution in [3.63, 3.8) is 0 Å². The molecular weight excluding hydrogens is 330 g/mol. The van der Waals surface area contributed by atoms with Crippen LogP contribution in [0.3, 0.4) is 0 Å². The number of carbonyl (C=O) groups excluding carboxylic acids is 2. The Balaban J connectivity index is 1.49. The molecule has 1 aromatic rings. The van der Waals surface area contributed by atoms with Crippen LogP contribution in [0.4, 0.5) is 0 Å². The zero-order chi connectivity index (χ0) is 18.6. The van der Waals surface area contributed by atoms with Gasteiger partial charge in [0.15, 0.2) is 5.78 Å². The van der Waals surface area contributed by atoms with E-state index < -0.39 is 11.4 Å². The van der Waals surface area contributed by atoms with Gasteiger partial charge in [-0.3, -0.25) is 14.4 Å². The Hall–Kier alpha value is -2.17. The molecule has 1 amide bonds. The van der Waals surface area contributed by atoms with Gasteiger partial charge in [0.2, 0.25) is 5.91 Å². The van der Waals surface area contributed by atoms with Gasteiger partial charge in [-0.2, -0.15) is 0 Å². The molecule has 5 heteroatoms. The van der Waals surface area contributed by atoms with E-state index in [0.29, 0.717) is 18.4 Å². The predicted molar refractivity (Wildman–Crippen MR) is 98.2 cm³/mol. The van der Waals surface area contributed by atoms with Crippen molar-refractivity contribution in [2.24, 2.45) is 5.41 Å². The monoisotopic (exact) mass is 357 g/mol. The first-order chi connectivity index (χ1) is 12.5. The molecule has 0 aliphatic heterocycles. The summed E-state index contributed by atoms with van der Waals surface area (Å²) in [5.74, 6) is -1.10. The molecule has 2 aliphatic carbocycles. The number of aryl methyl sites for hydroxylation is 2. The molecule has 2 N–H and O–H groups in total. The van der Waals surface area contributed by atoms with Crippen LogP contribution in [0.15, 0.2) is 18.2 Å². The highest BCUT2D eigenvalue weighted by molar-refractivity contribution is 5.98. The second-order valence-corrected chi connectivity index (χ2v) is 7.68. The number of aliphatic carboxylic acids is 1. The molecule has 1 fully saturated rings. The van der Waals surface area contributed by atoms with Crippen LogP contribution in [-0.4, -0.2) is 29.3 Å². The fourth-order valence-electron chi connectivity index (χ4n) is 4.17. The van der Waals surface area contributed by atoms with Crippen LogP contribution in [-0.2, 0) is 22.4 Å². The van der Waals surface area contributed by atoms with E-state index >= 15 is 0 Å². The van der Waals surface area contributed by atoms with Crippen molar-refractivity contribution in [2.75, 3.05) is 6.54 Å². The van der Waals surface area contributed by atoms with Crippen LogP contribution in [0.1, 0.15) is 72.9 Å². The number of carboxylic acids is 1. The number of amides is 1. The molecule has 1 saturated carbocycles. The average Bonchev–Trinajstić information content (AvgIpc) is 3.12. The molecule has 0 spiro atoms. The molecule has 0 bridgehead atoms. The normalized spacial score (nSPS) is 18.2. The summed E-state index contributed by atoms with van der Waals surface area (Å²) in [5, 5.41) is 12.3. The molecule has 0 atom stereocenters. The highest BCUT2D eigenvalue weighted by Crippen LogP contribution is 2.36. The Morgan fingerprint density at radius 1 is 0.962 bits per heavy atom. The van der Waals surface area contributed by atoms with E-state index in [9.17, 15) is 19.5 Å². The molecule has 2 aliphatic rings. The SMILES string of the molecule is O=C(CCC(=O)c1ccc2c(c1)CCC2)NCC1(C(=O)O)CCCCC1. The predicted octanol–water partition coefficient (Wildman–Crippen LogP) is 3.29. The van der Waals surface area contributed by atoms with E-state index in [-0.39, 0.29) is 31.1 Å². The van der Waals surface area contributed by atoms with Gasteiger partial charge in [0, 0.05) is 24.9 Å². The Kier molecular flexibility index (Phi) is 5.74. The van der Waals surface area contributed by atoms with Gasteiger partial charge in [-0.25, -0.2) is 0 Å². The molecule has 1 aromatic carbocycles. The van der Waals surface area contributed by atoms with E-state index in [2.05, 4.69) is 5.32 Å². The van der Waals surface area contributed by atoms with Crippen LogP contribution in [0.2, 0.25) is 0 Å². The van der Waals surface area contributed by atoms with Crippen LogP contribution in [0.25, 0.3) is 0 Å². The lowest BCUT2D eigenvalue weighted by atomic mass is 9.74. The van der Waals surface area contributed by atoms with E-state index in [1.54, 1.807) is 0 Å². The Morgan fingerprint density at radius 3 is 2.42 bits per heavy atom. The summed E-state index contributed by atoms with van der Waals surface area (Å²) in [4.78, 5) is 36.1. The molecule has 0 aromatic heterocycles. The van der Waals surface area contributed by atoms with Gasteiger partial charge in [0.25, 0.3) is 0 Å². The number of hydrogen-bond donors (Lipinski definition) is 2. The topological polar surface area (TPSA) is 83.5 Å². The van der Waals surface area contributed by atoms with Gasteiger partial charge in [0.1, 0.15) is 0 Å². The maximum absolute atomic E-state index is 12.4. The van der Waals surface area contributed by atoms with E-state index in [1.807, 2.05) is 18.2 Å². The Bertz CT molecular complexity index is 704. The Labute approximate surface area is 154 Å². The highest BCUT2D eigenvalue weighted by atomic mass is 16.4. The maximum atomic E-state index is 12.4. The van der Waals surface area contributed by atoms with Gasteiger partial charge in [-0.1, -0.05) is 31.4 Å². The molecule has 0 saturated heterocycles. The van der Waals surface area contributed by atoms with Crippen molar-refractivity contribution in [3.05, 3.63) is 34.9 Å². The number of Topliss-reactive ketones (excluding diaryl/α,β-unsaturated/α-hetero) is 1. The second kappa shape index (κ2) is 8.02. The first-order valence-electron chi connectivity index (χ1n) is 9.65. The van der Waals surface area contributed by atoms with Gasteiger partial charge in [-0.15, -0.1) is 0 Å². The molecule has 0 unspecified atom stereocenters. The first kappa shape index (κ1) is 18.6. The van der Waals surface area contributed by atoms with Crippen LogP contribution >= 0.6 is 0 Å². The van der Waals surface area contributed by atoms with Crippen molar-refractivity contribution >= 4 is 17.7 Å². The average molecular weight is 357 g/mol. The van der Waals surface area contributed by atoms with Crippen molar-refractivity contribution < 1.29 is 19.5 Å². The minimum Gasteiger partial charge on any atom is -0.481 e. The summed E-state index contributed by atoms with van der Waals surface area (Å²) in [6.07, 6.45) is 7.55. The molecule has 5 nitrogen and oxygen atoms in total. The highest BCUT2D eigenvalue weighted by Gasteiger charge is 2.39. The number of carbonyl (C=O) groups is 3. The van der Waals surface area contributed by atoms with Crippen molar-refractivity contribution in [1.29, 1.82) is 0 Å². The van der Waals surface area contributed by atoms with Gasteiger partial charge in [0.05, 0.1) is 5.41 Å². The van der Waals surface area contributed by atoms with Crippen LogP contribution in [0, 0.1) is 5.41 Å². The first-order valence-corrected chi connectivity index (χ1v) is 9.65. The van der Waals surface area contributed by atoms with Crippen LogP contribution in [0.5, 0.6) is 0 Å². The number of hydrogen-bond acceptors (Lipinski definition) is 3.